The van der Waals surface area contributed by atoms with Gasteiger partial charge in [0, 0.05) is 60.4 Å². The van der Waals surface area contributed by atoms with Gasteiger partial charge in [0.2, 0.25) is 0 Å². The summed E-state index contributed by atoms with van der Waals surface area (Å²) in [4.78, 5) is 23.9. The second kappa shape index (κ2) is 14.2. The Bertz CT molecular complexity index is 4750. The summed E-state index contributed by atoms with van der Waals surface area (Å²) < 4.78 is 92.2. The molecule has 15 rings (SSSR count). The monoisotopic (exact) mass is 873 g/mol. The topological polar surface area (TPSA) is 70.2 Å². The van der Waals surface area contributed by atoms with Crippen molar-refractivity contribution in [3.8, 4) is 67.4 Å². The van der Waals surface area contributed by atoms with Crippen molar-refractivity contribution in [2.45, 2.75) is 0 Å². The van der Waals surface area contributed by atoms with Crippen molar-refractivity contribution >= 4 is 86.8 Å². The highest BCUT2D eigenvalue weighted by Gasteiger charge is 2.27. The van der Waals surface area contributed by atoms with E-state index in [1.807, 2.05) is 140 Å². The summed E-state index contributed by atoms with van der Waals surface area (Å²) in [6.45, 7) is 0. The number of fused-ring (bicyclic) bond motifs is 24. The Morgan fingerprint density at radius 2 is 0.765 bits per heavy atom. The summed E-state index contributed by atoms with van der Waals surface area (Å²) in [6, 6.07) is 45.1. The van der Waals surface area contributed by atoms with E-state index in [0.29, 0.717) is 77.7 Å². The average Bonchev–Trinajstić information content (AvgIpc) is 4.39. The zero-order valence-corrected chi connectivity index (χ0v) is 35.8. The van der Waals surface area contributed by atoms with Crippen LogP contribution in [0.5, 0.6) is 0 Å². The quantitative estimate of drug-likeness (QED) is 0.182. The number of benzene rings is 10. The number of nitrogens with one attached hydrogen (secondary N) is 2. The lowest BCUT2D eigenvalue weighted by atomic mass is 9.93. The van der Waals surface area contributed by atoms with Crippen LogP contribution >= 0.6 is 0 Å². The molecular weight excluding hydrogens is 827 g/mol. The molecule has 2 aliphatic heterocycles. The van der Waals surface area contributed by atoms with Crippen LogP contribution in [-0.2, 0) is 0 Å². The van der Waals surface area contributed by atoms with Crippen molar-refractivity contribution in [1.29, 1.82) is 0 Å². The Kier molecular flexibility index (Phi) is 5.97. The molecule has 0 saturated heterocycles. The third-order valence-corrected chi connectivity index (χ3v) is 13.6. The number of rotatable bonds is 2. The molecule has 2 aliphatic rings. The van der Waals surface area contributed by atoms with E-state index in [1.165, 1.54) is 0 Å². The van der Waals surface area contributed by atoms with E-state index < -0.39 is 60.4 Å². The lowest BCUT2D eigenvalue weighted by Gasteiger charge is -2.09. The van der Waals surface area contributed by atoms with Gasteiger partial charge >= 0.3 is 0 Å². The van der Waals surface area contributed by atoms with E-state index in [0.717, 1.165) is 48.5 Å². The fourth-order valence-corrected chi connectivity index (χ4v) is 10.5. The molecular formula is C63H37N5. The molecule has 314 valence electrons. The summed E-state index contributed by atoms with van der Waals surface area (Å²) in [5.41, 5.74) is 5.98. The fraction of sp³-hybridized carbons (Fsp3) is 0. The van der Waals surface area contributed by atoms with E-state index in [2.05, 4.69) is 22.1 Å². The smallest absolute Gasteiger partial charge is 0.162 e. The zero-order valence-electron chi connectivity index (χ0n) is 45.8. The standard InChI is InChI=1S/C63H37N5/c1-3-15-36(16-4-1)56-58-48-29-40-21-9-7-19-38(40)27-46(48)54(64-58)35-55-47-28-39-20-8-10-22-41(39)30-49(47)59(65-55)57(37-17-5-2-6-18-37)61-51-32-43-24-12-14-26-45(43)34-53(51)63(67-61)68-62-52-33-44-25-13-11-23-42(44)31-50(52)60(56)66-62/h1-35,64H,(H,66,67,68)/i1D,2D,3D,4D,5D,6D,15D,16D,17D,18D. The number of aromatic nitrogens is 5. The summed E-state index contributed by atoms with van der Waals surface area (Å²) in [7, 11) is 0. The van der Waals surface area contributed by atoms with E-state index in [1.54, 1.807) is 0 Å². The molecule has 5 heteroatoms. The maximum Gasteiger partial charge on any atom is 0.162 e. The maximum atomic E-state index is 9.63. The van der Waals surface area contributed by atoms with Gasteiger partial charge in [-0.3, -0.25) is 0 Å². The number of hydrogen-bond donors (Lipinski definition) is 2. The van der Waals surface area contributed by atoms with Gasteiger partial charge in [-0.2, -0.15) is 0 Å². The van der Waals surface area contributed by atoms with Gasteiger partial charge in [-0.1, -0.05) is 157 Å². The predicted molar refractivity (Wildman–Crippen MR) is 284 cm³/mol. The van der Waals surface area contributed by atoms with Crippen LogP contribution in [-0.4, -0.2) is 24.9 Å². The minimum absolute atomic E-state index is 0.0494. The van der Waals surface area contributed by atoms with Gasteiger partial charge in [-0.15, -0.1) is 0 Å². The first-order chi connectivity index (χ1) is 37.8. The van der Waals surface area contributed by atoms with Crippen LogP contribution in [0, 0.1) is 0 Å². The van der Waals surface area contributed by atoms with Gasteiger partial charge < -0.3 is 9.97 Å². The number of hydrogen-bond acceptors (Lipinski definition) is 3. The van der Waals surface area contributed by atoms with E-state index in [4.69, 9.17) is 23.2 Å². The Morgan fingerprint density at radius 1 is 0.353 bits per heavy atom. The third kappa shape index (κ3) is 5.53. The maximum absolute atomic E-state index is 9.63. The lowest BCUT2D eigenvalue weighted by molar-refractivity contribution is 1.27. The van der Waals surface area contributed by atoms with Gasteiger partial charge in [0.15, 0.2) is 5.82 Å². The predicted octanol–water partition coefficient (Wildman–Crippen LogP) is 16.6. The van der Waals surface area contributed by atoms with Crippen molar-refractivity contribution in [2.24, 2.45) is 0 Å². The number of aromatic amines is 2. The van der Waals surface area contributed by atoms with Gasteiger partial charge in [0.05, 0.1) is 41.8 Å². The molecule has 5 heterocycles. The molecule has 0 atom stereocenters. The van der Waals surface area contributed by atoms with E-state index >= 15 is 0 Å². The summed E-state index contributed by atoms with van der Waals surface area (Å²) >= 11 is 0. The SMILES string of the molecule is [2H]c1c([2H])c([2H])c(-c2c3nc(nc4[nH]c(c(-c5c([2H])c([2H])c([2H])c([2H])c5[2H])c5nc(cc6[nH]c2c2cc7ccccc7cc62)-c2cc6ccccc6cc2-5)c2cc5ccccc5cc42)-c2cc4ccccc4cc2-3)c([2H])c1[2H]. The third-order valence-electron chi connectivity index (χ3n) is 13.6. The van der Waals surface area contributed by atoms with E-state index in [9.17, 15) is 5.48 Å². The Morgan fingerprint density at radius 3 is 1.31 bits per heavy atom. The average molecular weight is 874 g/mol. The molecule has 5 nitrogen and oxygen atoms in total. The van der Waals surface area contributed by atoms with Crippen LogP contribution < -0.4 is 0 Å². The second-order valence-electron chi connectivity index (χ2n) is 17.4. The van der Waals surface area contributed by atoms with Gasteiger partial charge in [0.25, 0.3) is 0 Å². The second-order valence-corrected chi connectivity index (χ2v) is 17.4. The molecule has 0 fully saturated rings. The first kappa shape index (κ1) is 28.7. The minimum atomic E-state index is -0.528. The summed E-state index contributed by atoms with van der Waals surface area (Å²) in [5, 5.41) is 9.89. The Balaban J connectivity index is 1.26. The summed E-state index contributed by atoms with van der Waals surface area (Å²) in [5.74, 6) is 0.258. The zero-order chi connectivity index (χ0) is 53.2. The number of nitrogens with zero attached hydrogens (tertiary/aromatic N) is 3. The normalized spacial score (nSPS) is 14.2. The molecule has 13 aromatic rings. The molecule has 10 aromatic carbocycles. The highest BCUT2D eigenvalue weighted by Crippen LogP contribution is 2.49. The van der Waals surface area contributed by atoms with Crippen LogP contribution in [0.2, 0.25) is 0 Å². The largest absolute Gasteiger partial charge is 0.354 e. The lowest BCUT2D eigenvalue weighted by Crippen LogP contribution is -1.86. The van der Waals surface area contributed by atoms with Crippen LogP contribution in [0.1, 0.15) is 13.7 Å². The highest BCUT2D eigenvalue weighted by atomic mass is 15.0. The minimum Gasteiger partial charge on any atom is -0.354 e. The molecule has 0 radical (unpaired) electrons. The van der Waals surface area contributed by atoms with Gasteiger partial charge in [-0.25, -0.2) is 15.0 Å². The van der Waals surface area contributed by atoms with Gasteiger partial charge in [0.1, 0.15) is 5.65 Å². The molecule has 2 N–H and O–H groups in total. The molecule has 0 amide bonds. The van der Waals surface area contributed by atoms with Crippen LogP contribution in [0.4, 0.5) is 0 Å². The first-order valence-electron chi connectivity index (χ1n) is 27.3. The molecule has 8 bridgehead atoms. The number of H-pyrrole nitrogens is 2. The van der Waals surface area contributed by atoms with Gasteiger partial charge in [-0.05, 0) is 109 Å². The van der Waals surface area contributed by atoms with Crippen molar-refractivity contribution in [2.75, 3.05) is 0 Å². The van der Waals surface area contributed by atoms with Crippen molar-refractivity contribution in [3.05, 3.63) is 212 Å². The molecule has 68 heavy (non-hydrogen) atoms. The molecule has 0 spiro atoms. The molecule has 0 unspecified atom stereocenters. The molecule has 3 aromatic heterocycles. The van der Waals surface area contributed by atoms with E-state index in [-0.39, 0.29) is 28.1 Å². The van der Waals surface area contributed by atoms with Crippen molar-refractivity contribution in [3.63, 3.8) is 0 Å². The van der Waals surface area contributed by atoms with Crippen LogP contribution in [0.3, 0.4) is 0 Å². The Labute approximate surface area is 403 Å². The Hall–Kier alpha value is -9.19. The van der Waals surface area contributed by atoms with Crippen molar-refractivity contribution < 1.29 is 13.7 Å². The molecule has 0 aliphatic carbocycles. The highest BCUT2D eigenvalue weighted by molar-refractivity contribution is 6.20. The fourth-order valence-electron chi connectivity index (χ4n) is 10.5. The summed E-state index contributed by atoms with van der Waals surface area (Å²) in [6.07, 6.45) is 0. The van der Waals surface area contributed by atoms with Crippen LogP contribution in [0.25, 0.3) is 154 Å². The van der Waals surface area contributed by atoms with Crippen LogP contribution in [0.15, 0.2) is 212 Å². The first-order valence-corrected chi connectivity index (χ1v) is 22.3. The molecule has 0 saturated carbocycles. The van der Waals surface area contributed by atoms with Crippen molar-refractivity contribution in [1.82, 2.24) is 24.9 Å².